The van der Waals surface area contributed by atoms with E-state index in [1.165, 1.54) is 12.2 Å². The van der Waals surface area contributed by atoms with Crippen LogP contribution in [0.3, 0.4) is 0 Å². The Bertz CT molecular complexity index is 976. The van der Waals surface area contributed by atoms with Gasteiger partial charge in [0, 0.05) is 11.6 Å². The molecule has 0 fully saturated rings. The van der Waals surface area contributed by atoms with Gasteiger partial charge in [-0.25, -0.2) is 9.48 Å². The topological polar surface area (TPSA) is 74.1 Å². The molecule has 0 aliphatic heterocycles. The van der Waals surface area contributed by atoms with Crippen molar-refractivity contribution in [2.24, 2.45) is 0 Å². The standard InChI is InChI=1S/C22H21N3O3/c1-16-8-10-19(11-9-16)22(27)17(2)28-21(26)13-12-20-15-25(24-23-20)14-18-6-4-3-5-7-18/h3-13,15,17H,14H2,1-2H3/b13-12+/t17-/m1/s1. The number of rotatable bonds is 7. The summed E-state index contributed by atoms with van der Waals surface area (Å²) < 4.78 is 6.88. The average Bonchev–Trinajstić information content (AvgIpc) is 3.14. The van der Waals surface area contributed by atoms with Gasteiger partial charge >= 0.3 is 5.97 Å². The highest BCUT2D eigenvalue weighted by Gasteiger charge is 2.18. The molecule has 0 aliphatic carbocycles. The number of hydrogen-bond donors (Lipinski definition) is 0. The maximum absolute atomic E-state index is 12.3. The third-order valence-electron chi connectivity index (χ3n) is 4.13. The summed E-state index contributed by atoms with van der Waals surface area (Å²) in [5, 5.41) is 8.04. The number of carbonyl (C=O) groups excluding carboxylic acids is 2. The first-order chi connectivity index (χ1) is 13.5. The van der Waals surface area contributed by atoms with Crippen LogP contribution in [0.4, 0.5) is 0 Å². The molecule has 3 aromatic rings. The predicted molar refractivity (Wildman–Crippen MR) is 106 cm³/mol. The van der Waals surface area contributed by atoms with Crippen LogP contribution in [0.1, 0.15) is 34.1 Å². The monoisotopic (exact) mass is 375 g/mol. The molecule has 6 heteroatoms. The molecular weight excluding hydrogens is 354 g/mol. The summed E-state index contributed by atoms with van der Waals surface area (Å²) >= 11 is 0. The normalized spacial score (nSPS) is 12.1. The van der Waals surface area contributed by atoms with Crippen LogP contribution in [0, 0.1) is 6.92 Å². The van der Waals surface area contributed by atoms with Gasteiger partial charge in [0.05, 0.1) is 12.7 Å². The van der Waals surface area contributed by atoms with Gasteiger partial charge in [0.15, 0.2) is 6.10 Å². The van der Waals surface area contributed by atoms with Gasteiger partial charge in [-0.05, 0) is 25.5 Å². The summed E-state index contributed by atoms with van der Waals surface area (Å²) in [6, 6.07) is 17.0. The molecule has 0 bridgehead atoms. The van der Waals surface area contributed by atoms with Gasteiger partial charge in [0.2, 0.25) is 5.78 Å². The first-order valence-electron chi connectivity index (χ1n) is 8.95. The van der Waals surface area contributed by atoms with E-state index < -0.39 is 12.1 Å². The molecule has 1 atom stereocenters. The van der Waals surface area contributed by atoms with Crippen molar-refractivity contribution in [3.63, 3.8) is 0 Å². The summed E-state index contributed by atoms with van der Waals surface area (Å²) in [6.07, 6.45) is 3.63. The maximum atomic E-state index is 12.3. The third-order valence-corrected chi connectivity index (χ3v) is 4.13. The Morgan fingerprint density at radius 1 is 1.11 bits per heavy atom. The summed E-state index contributed by atoms with van der Waals surface area (Å²) in [5.74, 6) is -0.846. The van der Waals surface area contributed by atoms with Crippen LogP contribution in [-0.4, -0.2) is 32.9 Å². The van der Waals surface area contributed by atoms with Gasteiger partial charge in [-0.15, -0.1) is 5.10 Å². The Balaban J connectivity index is 1.55. The molecule has 0 N–H and O–H groups in total. The molecule has 0 radical (unpaired) electrons. The highest BCUT2D eigenvalue weighted by atomic mass is 16.5. The molecule has 6 nitrogen and oxygen atoms in total. The first kappa shape index (κ1) is 19.2. The minimum Gasteiger partial charge on any atom is -0.451 e. The summed E-state index contributed by atoms with van der Waals surface area (Å²) in [5.41, 5.74) is 3.21. The fraction of sp³-hybridized carbons (Fsp3) is 0.182. The zero-order valence-electron chi connectivity index (χ0n) is 15.8. The van der Waals surface area contributed by atoms with E-state index in [1.807, 2.05) is 49.4 Å². The van der Waals surface area contributed by atoms with Crippen molar-refractivity contribution >= 4 is 17.8 Å². The molecule has 0 amide bonds. The number of hydrogen-bond acceptors (Lipinski definition) is 5. The van der Waals surface area contributed by atoms with Crippen molar-refractivity contribution in [1.82, 2.24) is 15.0 Å². The summed E-state index contributed by atoms with van der Waals surface area (Å²) in [6.45, 7) is 4.09. The highest BCUT2D eigenvalue weighted by Crippen LogP contribution is 2.09. The van der Waals surface area contributed by atoms with Gasteiger partial charge in [0.25, 0.3) is 0 Å². The fourth-order valence-electron chi connectivity index (χ4n) is 2.61. The zero-order valence-corrected chi connectivity index (χ0v) is 15.8. The minimum atomic E-state index is -0.867. The quantitative estimate of drug-likeness (QED) is 0.359. The molecule has 0 spiro atoms. The van der Waals surface area contributed by atoms with E-state index in [1.54, 1.807) is 29.9 Å². The lowest BCUT2D eigenvalue weighted by atomic mass is 10.1. The number of ether oxygens (including phenoxy) is 1. The first-order valence-corrected chi connectivity index (χ1v) is 8.95. The van der Waals surface area contributed by atoms with Crippen molar-refractivity contribution < 1.29 is 14.3 Å². The van der Waals surface area contributed by atoms with Crippen molar-refractivity contribution in [3.05, 3.63) is 89.3 Å². The number of Topliss-reactive ketones (excluding diaryl/α,β-unsaturated/α-hetero) is 1. The number of esters is 1. The Hall–Kier alpha value is -3.54. The molecule has 1 aromatic heterocycles. The summed E-state index contributed by atoms with van der Waals surface area (Å²) in [7, 11) is 0. The van der Waals surface area contributed by atoms with Gasteiger partial charge in [-0.1, -0.05) is 65.4 Å². The number of aromatic nitrogens is 3. The van der Waals surface area contributed by atoms with E-state index in [0.717, 1.165) is 11.1 Å². The van der Waals surface area contributed by atoms with Gasteiger partial charge in [0.1, 0.15) is 5.69 Å². The van der Waals surface area contributed by atoms with E-state index in [0.29, 0.717) is 17.8 Å². The highest BCUT2D eigenvalue weighted by molar-refractivity contribution is 6.01. The molecule has 0 saturated heterocycles. The molecule has 142 valence electrons. The second-order valence-corrected chi connectivity index (χ2v) is 6.47. The molecule has 3 rings (SSSR count). The van der Waals surface area contributed by atoms with Crippen molar-refractivity contribution in [2.75, 3.05) is 0 Å². The number of carbonyl (C=O) groups is 2. The van der Waals surface area contributed by atoms with E-state index in [4.69, 9.17) is 4.74 Å². The number of aryl methyl sites for hydroxylation is 1. The SMILES string of the molecule is Cc1ccc(C(=O)[C@@H](C)OC(=O)/C=C/c2cn(Cc3ccccc3)nn2)cc1. The molecule has 2 aromatic carbocycles. The molecule has 1 heterocycles. The Kier molecular flexibility index (Phi) is 6.11. The number of benzene rings is 2. The Morgan fingerprint density at radius 3 is 2.54 bits per heavy atom. The van der Waals surface area contributed by atoms with Crippen molar-refractivity contribution in [1.29, 1.82) is 0 Å². The van der Waals surface area contributed by atoms with Crippen LogP contribution in [0.2, 0.25) is 0 Å². The van der Waals surface area contributed by atoms with Gasteiger partial charge in [-0.3, -0.25) is 4.79 Å². The predicted octanol–water partition coefficient (Wildman–Crippen LogP) is 3.46. The van der Waals surface area contributed by atoms with Crippen LogP contribution >= 0.6 is 0 Å². The lowest BCUT2D eigenvalue weighted by molar-refractivity contribution is -0.140. The lowest BCUT2D eigenvalue weighted by Gasteiger charge is -2.10. The zero-order chi connectivity index (χ0) is 19.9. The molecular formula is C22H21N3O3. The average molecular weight is 375 g/mol. The van der Waals surface area contributed by atoms with Gasteiger partial charge < -0.3 is 4.74 Å². The second kappa shape index (κ2) is 8.90. The maximum Gasteiger partial charge on any atom is 0.331 e. The summed E-state index contributed by atoms with van der Waals surface area (Å²) in [4.78, 5) is 24.3. The van der Waals surface area contributed by atoms with Crippen molar-refractivity contribution in [3.8, 4) is 0 Å². The van der Waals surface area contributed by atoms with Crippen LogP contribution in [0.5, 0.6) is 0 Å². The number of ketones is 1. The number of nitrogens with zero attached hydrogens (tertiary/aromatic N) is 3. The fourth-order valence-corrected chi connectivity index (χ4v) is 2.61. The Labute approximate surface area is 163 Å². The van der Waals surface area contributed by atoms with Gasteiger partial charge in [-0.2, -0.15) is 0 Å². The molecule has 28 heavy (non-hydrogen) atoms. The molecule has 0 saturated carbocycles. The lowest BCUT2D eigenvalue weighted by Crippen LogP contribution is -2.23. The van der Waals surface area contributed by atoms with E-state index in [-0.39, 0.29) is 5.78 Å². The van der Waals surface area contributed by atoms with E-state index >= 15 is 0 Å². The smallest absolute Gasteiger partial charge is 0.331 e. The van der Waals surface area contributed by atoms with Crippen molar-refractivity contribution in [2.45, 2.75) is 26.5 Å². The third kappa shape index (κ3) is 5.23. The minimum absolute atomic E-state index is 0.240. The second-order valence-electron chi connectivity index (χ2n) is 6.47. The van der Waals surface area contributed by atoms with E-state index in [9.17, 15) is 9.59 Å². The van der Waals surface area contributed by atoms with Crippen LogP contribution < -0.4 is 0 Å². The Morgan fingerprint density at radius 2 is 1.82 bits per heavy atom. The van der Waals surface area contributed by atoms with E-state index in [2.05, 4.69) is 10.3 Å². The van der Waals surface area contributed by atoms with Crippen LogP contribution in [0.25, 0.3) is 6.08 Å². The van der Waals surface area contributed by atoms with Crippen LogP contribution in [0.15, 0.2) is 66.9 Å². The largest absolute Gasteiger partial charge is 0.451 e. The molecule has 0 aliphatic rings. The van der Waals surface area contributed by atoms with Crippen LogP contribution in [-0.2, 0) is 16.1 Å². The molecule has 0 unspecified atom stereocenters.